The van der Waals surface area contributed by atoms with Crippen LogP contribution in [0.3, 0.4) is 0 Å². The van der Waals surface area contributed by atoms with Gasteiger partial charge < -0.3 is 4.74 Å². The molecule has 0 spiro atoms. The Morgan fingerprint density at radius 1 is 1.80 bits per heavy atom. The van der Waals surface area contributed by atoms with E-state index in [4.69, 9.17) is 4.74 Å². The summed E-state index contributed by atoms with van der Waals surface area (Å²) in [6, 6.07) is 0. The zero-order valence-corrected chi connectivity index (χ0v) is 6.81. The van der Waals surface area contributed by atoms with Gasteiger partial charge in [-0.3, -0.25) is 4.79 Å². The molecule has 1 aliphatic carbocycles. The molecule has 2 atom stereocenters. The molecule has 0 saturated heterocycles. The molecule has 1 rings (SSSR count). The van der Waals surface area contributed by atoms with Crippen LogP contribution in [0.2, 0.25) is 0 Å². The van der Waals surface area contributed by atoms with E-state index in [0.29, 0.717) is 6.61 Å². The van der Waals surface area contributed by atoms with Gasteiger partial charge in [0, 0.05) is 6.61 Å². The summed E-state index contributed by atoms with van der Waals surface area (Å²) in [6.07, 6.45) is 1.12. The smallest absolute Gasteiger partial charge is 0.138 e. The van der Waals surface area contributed by atoms with E-state index < -0.39 is 0 Å². The molecule has 0 aromatic carbocycles. The SMILES string of the molecule is CCOC1CC1(C)C(C)=O. The zero-order valence-electron chi connectivity index (χ0n) is 6.81. The lowest BCUT2D eigenvalue weighted by Crippen LogP contribution is -2.14. The molecule has 1 fully saturated rings. The van der Waals surface area contributed by atoms with Crippen molar-refractivity contribution in [2.24, 2.45) is 5.41 Å². The van der Waals surface area contributed by atoms with Crippen molar-refractivity contribution in [2.75, 3.05) is 6.61 Å². The van der Waals surface area contributed by atoms with Crippen LogP contribution < -0.4 is 0 Å². The monoisotopic (exact) mass is 142 g/mol. The molecule has 0 heterocycles. The van der Waals surface area contributed by atoms with Gasteiger partial charge >= 0.3 is 0 Å². The highest BCUT2D eigenvalue weighted by Crippen LogP contribution is 2.48. The normalized spacial score (nSPS) is 37.7. The minimum atomic E-state index is -0.143. The van der Waals surface area contributed by atoms with E-state index in [9.17, 15) is 4.79 Å². The van der Waals surface area contributed by atoms with E-state index in [0.717, 1.165) is 6.42 Å². The van der Waals surface area contributed by atoms with Crippen LogP contribution >= 0.6 is 0 Å². The average Bonchev–Trinajstić information content (AvgIpc) is 2.45. The quantitative estimate of drug-likeness (QED) is 0.595. The van der Waals surface area contributed by atoms with E-state index in [1.54, 1.807) is 6.92 Å². The first-order valence-electron chi connectivity index (χ1n) is 3.74. The van der Waals surface area contributed by atoms with Crippen LogP contribution in [0, 0.1) is 5.41 Å². The van der Waals surface area contributed by atoms with Crippen molar-refractivity contribution in [3.63, 3.8) is 0 Å². The highest BCUT2D eigenvalue weighted by Gasteiger charge is 2.54. The first kappa shape index (κ1) is 7.73. The molecule has 1 saturated carbocycles. The third kappa shape index (κ3) is 1.08. The summed E-state index contributed by atoms with van der Waals surface area (Å²) < 4.78 is 5.31. The molecular weight excluding hydrogens is 128 g/mol. The van der Waals surface area contributed by atoms with Crippen molar-refractivity contribution in [3.8, 4) is 0 Å². The summed E-state index contributed by atoms with van der Waals surface area (Å²) >= 11 is 0. The maximum atomic E-state index is 10.9. The third-order valence-electron chi connectivity index (χ3n) is 2.33. The van der Waals surface area contributed by atoms with Crippen LogP contribution in [0.1, 0.15) is 27.2 Å². The Kier molecular flexibility index (Phi) is 1.82. The molecule has 0 aromatic heterocycles. The Bertz CT molecular complexity index is 153. The third-order valence-corrected chi connectivity index (χ3v) is 2.33. The Morgan fingerprint density at radius 3 is 2.70 bits per heavy atom. The van der Waals surface area contributed by atoms with Crippen LogP contribution in [0.25, 0.3) is 0 Å². The van der Waals surface area contributed by atoms with E-state index >= 15 is 0 Å². The number of Topliss-reactive ketones (excluding diaryl/α,β-unsaturated/α-hetero) is 1. The number of ether oxygens (including phenoxy) is 1. The van der Waals surface area contributed by atoms with Crippen LogP contribution in [0.15, 0.2) is 0 Å². The highest BCUT2D eigenvalue weighted by atomic mass is 16.5. The maximum Gasteiger partial charge on any atom is 0.138 e. The number of rotatable bonds is 3. The van der Waals surface area contributed by atoms with Gasteiger partial charge in [-0.2, -0.15) is 0 Å². The molecule has 0 bridgehead atoms. The fourth-order valence-corrected chi connectivity index (χ4v) is 1.14. The minimum absolute atomic E-state index is 0.143. The second-order valence-electron chi connectivity index (χ2n) is 3.12. The lowest BCUT2D eigenvalue weighted by Gasteiger charge is -2.04. The number of hydrogen-bond acceptors (Lipinski definition) is 2. The summed E-state index contributed by atoms with van der Waals surface area (Å²) in [7, 11) is 0. The van der Waals surface area contributed by atoms with Gasteiger partial charge in [0.05, 0.1) is 11.5 Å². The Labute approximate surface area is 61.6 Å². The van der Waals surface area contributed by atoms with Gasteiger partial charge in [0.2, 0.25) is 0 Å². The Morgan fingerprint density at radius 2 is 2.40 bits per heavy atom. The van der Waals surface area contributed by atoms with Crippen molar-refractivity contribution in [1.29, 1.82) is 0 Å². The average molecular weight is 142 g/mol. The van der Waals surface area contributed by atoms with Gasteiger partial charge in [-0.05, 0) is 20.3 Å². The molecule has 2 nitrogen and oxygen atoms in total. The number of hydrogen-bond donors (Lipinski definition) is 0. The molecule has 2 heteroatoms. The van der Waals surface area contributed by atoms with Crippen LogP contribution in [-0.2, 0) is 9.53 Å². The standard InChI is InChI=1S/C8H14O2/c1-4-10-7-5-8(7,3)6(2)9/h7H,4-5H2,1-3H3. The number of carbonyl (C=O) groups is 1. The van der Waals surface area contributed by atoms with Gasteiger partial charge in [-0.1, -0.05) is 6.92 Å². The van der Waals surface area contributed by atoms with Gasteiger partial charge in [0.15, 0.2) is 0 Å². The van der Waals surface area contributed by atoms with Gasteiger partial charge in [0.1, 0.15) is 5.78 Å². The number of carbonyl (C=O) groups excluding carboxylic acids is 1. The summed E-state index contributed by atoms with van der Waals surface area (Å²) in [5.41, 5.74) is -0.143. The molecule has 0 aromatic rings. The van der Waals surface area contributed by atoms with E-state index in [2.05, 4.69) is 0 Å². The first-order valence-corrected chi connectivity index (χ1v) is 3.74. The van der Waals surface area contributed by atoms with E-state index in [-0.39, 0.29) is 17.3 Å². The lowest BCUT2D eigenvalue weighted by atomic mass is 10.1. The molecule has 2 unspecified atom stereocenters. The predicted octanol–water partition coefficient (Wildman–Crippen LogP) is 1.39. The van der Waals surface area contributed by atoms with Gasteiger partial charge in [-0.15, -0.1) is 0 Å². The molecule has 0 amide bonds. The molecule has 1 aliphatic rings. The fourth-order valence-electron chi connectivity index (χ4n) is 1.14. The molecule has 0 radical (unpaired) electrons. The summed E-state index contributed by atoms with van der Waals surface area (Å²) in [5, 5.41) is 0. The van der Waals surface area contributed by atoms with E-state index in [1.807, 2.05) is 13.8 Å². The summed E-state index contributed by atoms with van der Waals surface area (Å²) in [5.74, 6) is 0.256. The molecule has 58 valence electrons. The number of ketones is 1. The zero-order chi connectivity index (χ0) is 7.78. The van der Waals surface area contributed by atoms with Crippen molar-refractivity contribution >= 4 is 5.78 Å². The van der Waals surface area contributed by atoms with Crippen molar-refractivity contribution in [2.45, 2.75) is 33.3 Å². The molecule has 10 heavy (non-hydrogen) atoms. The minimum Gasteiger partial charge on any atom is -0.377 e. The largest absolute Gasteiger partial charge is 0.377 e. The second kappa shape index (κ2) is 2.35. The maximum absolute atomic E-state index is 10.9. The van der Waals surface area contributed by atoms with Gasteiger partial charge in [0.25, 0.3) is 0 Å². The topological polar surface area (TPSA) is 26.3 Å². The van der Waals surface area contributed by atoms with Crippen molar-refractivity contribution in [3.05, 3.63) is 0 Å². The molecule has 0 aliphatic heterocycles. The molecular formula is C8H14O2. The fraction of sp³-hybridized carbons (Fsp3) is 0.875. The van der Waals surface area contributed by atoms with Crippen molar-refractivity contribution in [1.82, 2.24) is 0 Å². The summed E-state index contributed by atoms with van der Waals surface area (Å²) in [4.78, 5) is 10.9. The first-order chi connectivity index (χ1) is 4.61. The van der Waals surface area contributed by atoms with E-state index in [1.165, 1.54) is 0 Å². The van der Waals surface area contributed by atoms with Crippen LogP contribution in [-0.4, -0.2) is 18.5 Å². The highest BCUT2D eigenvalue weighted by molar-refractivity contribution is 5.85. The van der Waals surface area contributed by atoms with Crippen LogP contribution in [0.4, 0.5) is 0 Å². The molecule has 0 N–H and O–H groups in total. The predicted molar refractivity (Wildman–Crippen MR) is 38.8 cm³/mol. The second-order valence-corrected chi connectivity index (χ2v) is 3.12. The Hall–Kier alpha value is -0.370. The van der Waals surface area contributed by atoms with Gasteiger partial charge in [-0.25, -0.2) is 0 Å². The Balaban J connectivity index is 2.40. The lowest BCUT2D eigenvalue weighted by molar-refractivity contribution is -0.122. The van der Waals surface area contributed by atoms with Crippen LogP contribution in [0.5, 0.6) is 0 Å². The van der Waals surface area contributed by atoms with Crippen molar-refractivity contribution < 1.29 is 9.53 Å². The summed E-state index contributed by atoms with van der Waals surface area (Å²) in [6.45, 7) is 6.28.